The molecule has 2 aliphatic heterocycles. The number of benzene rings is 1. The molecule has 4 rings (SSSR count). The van der Waals surface area contributed by atoms with Gasteiger partial charge in [0, 0.05) is 17.3 Å². The molecule has 0 aromatic heterocycles. The number of amidine groups is 1. The van der Waals surface area contributed by atoms with Gasteiger partial charge in [0.05, 0.1) is 5.69 Å². The van der Waals surface area contributed by atoms with E-state index < -0.39 is 11.6 Å². The molecule has 1 saturated carbocycles. The lowest BCUT2D eigenvalue weighted by Crippen LogP contribution is -2.54. The molecule has 30 heavy (non-hydrogen) atoms. The molecule has 3 aliphatic rings. The zero-order valence-corrected chi connectivity index (χ0v) is 18.7. The van der Waals surface area contributed by atoms with E-state index in [1.54, 1.807) is 11.0 Å². The lowest BCUT2D eigenvalue weighted by Gasteiger charge is -2.36. The average molecular weight is 449 g/mol. The van der Waals surface area contributed by atoms with E-state index in [9.17, 15) is 14.4 Å². The lowest BCUT2D eigenvalue weighted by atomic mass is 9.73. The number of hydrogen-bond donors (Lipinski definition) is 1. The highest BCUT2D eigenvalue weighted by molar-refractivity contribution is 8.14. The third-order valence-corrected chi connectivity index (χ3v) is 7.69. The zero-order chi connectivity index (χ0) is 21.5. The van der Waals surface area contributed by atoms with Crippen molar-refractivity contribution in [2.75, 3.05) is 18.8 Å². The van der Waals surface area contributed by atoms with E-state index in [-0.39, 0.29) is 24.3 Å². The van der Waals surface area contributed by atoms with Crippen LogP contribution in [0.1, 0.15) is 38.2 Å². The normalized spacial score (nSPS) is 28.0. The highest BCUT2D eigenvalue weighted by Gasteiger charge is 2.55. The Bertz CT molecular complexity index is 937. The monoisotopic (exact) mass is 448 g/mol. The Kier molecular flexibility index (Phi) is 5.81. The highest BCUT2D eigenvalue weighted by atomic mass is 35.5. The molecule has 1 aromatic rings. The summed E-state index contributed by atoms with van der Waals surface area (Å²) in [5.74, 6) is 0.199. The van der Waals surface area contributed by atoms with Crippen LogP contribution in [0.4, 0.5) is 10.5 Å². The summed E-state index contributed by atoms with van der Waals surface area (Å²) in [5.41, 5.74) is 0.688. The Labute approximate surface area is 185 Å². The van der Waals surface area contributed by atoms with E-state index in [2.05, 4.69) is 10.3 Å². The van der Waals surface area contributed by atoms with Gasteiger partial charge in [0.2, 0.25) is 5.91 Å². The highest BCUT2D eigenvalue weighted by Crippen LogP contribution is 2.38. The summed E-state index contributed by atoms with van der Waals surface area (Å²) in [4.78, 5) is 46.0. The fourth-order valence-electron chi connectivity index (χ4n) is 4.41. The Morgan fingerprint density at radius 1 is 1.37 bits per heavy atom. The maximum atomic E-state index is 13.1. The average Bonchev–Trinajstić information content (AvgIpc) is 3.27. The van der Waals surface area contributed by atoms with Crippen LogP contribution in [0.5, 0.6) is 0 Å². The molecule has 2 heterocycles. The summed E-state index contributed by atoms with van der Waals surface area (Å²) in [7, 11) is 0. The molecule has 1 N–H and O–H groups in total. The second-order valence-electron chi connectivity index (χ2n) is 8.11. The minimum atomic E-state index is -0.857. The van der Waals surface area contributed by atoms with Crippen LogP contribution in [0.2, 0.25) is 5.02 Å². The number of amides is 4. The van der Waals surface area contributed by atoms with Gasteiger partial charge in [0.1, 0.15) is 12.1 Å². The van der Waals surface area contributed by atoms with E-state index in [1.807, 2.05) is 26.0 Å². The summed E-state index contributed by atoms with van der Waals surface area (Å²) in [6, 6.07) is 4.99. The third kappa shape index (κ3) is 3.60. The summed E-state index contributed by atoms with van der Waals surface area (Å²) < 4.78 is 0. The second kappa shape index (κ2) is 8.23. The minimum absolute atomic E-state index is 0.0630. The molecule has 2 unspecified atom stereocenters. The Morgan fingerprint density at radius 3 is 2.93 bits per heavy atom. The van der Waals surface area contributed by atoms with Crippen molar-refractivity contribution >= 4 is 52.1 Å². The van der Waals surface area contributed by atoms with Crippen molar-refractivity contribution in [3.8, 4) is 0 Å². The molecule has 1 aromatic carbocycles. The van der Waals surface area contributed by atoms with Crippen LogP contribution in [0.25, 0.3) is 0 Å². The van der Waals surface area contributed by atoms with E-state index in [0.717, 1.165) is 29.7 Å². The van der Waals surface area contributed by atoms with Crippen LogP contribution >= 0.6 is 23.4 Å². The van der Waals surface area contributed by atoms with Gasteiger partial charge in [0.15, 0.2) is 5.17 Å². The number of imide groups is 1. The number of rotatable bonds is 3. The molecule has 4 amide bonds. The third-order valence-electron chi connectivity index (χ3n) is 6.33. The predicted molar refractivity (Wildman–Crippen MR) is 118 cm³/mol. The molecule has 160 valence electrons. The standard InChI is InChI=1S/C21H25ClN4O3S/c1-13-6-3-4-9-21(13)18(28)26(19(29)24-21)12-17(27)25-10-11-30-20(25)23-16-8-5-7-15(22)14(16)2/h5,7-8,13H,3-4,6,9-12H2,1-2H3,(H,24,29). The Hall–Kier alpha value is -2.06. The topological polar surface area (TPSA) is 82.1 Å². The lowest BCUT2D eigenvalue weighted by molar-refractivity contribution is -0.138. The first-order valence-corrected chi connectivity index (χ1v) is 11.6. The first-order chi connectivity index (χ1) is 14.3. The quantitative estimate of drug-likeness (QED) is 0.714. The maximum absolute atomic E-state index is 13.1. The largest absolute Gasteiger partial charge is 0.325 e. The van der Waals surface area contributed by atoms with Crippen LogP contribution in [0.15, 0.2) is 23.2 Å². The van der Waals surface area contributed by atoms with Gasteiger partial charge in [-0.3, -0.25) is 19.4 Å². The fourth-order valence-corrected chi connectivity index (χ4v) is 5.54. The molecule has 2 atom stereocenters. The number of aliphatic imine (C=N–C) groups is 1. The molecule has 0 radical (unpaired) electrons. The van der Waals surface area contributed by atoms with Gasteiger partial charge >= 0.3 is 6.03 Å². The number of carbonyl (C=O) groups excluding carboxylic acids is 3. The van der Waals surface area contributed by atoms with Crippen molar-refractivity contribution in [3.63, 3.8) is 0 Å². The van der Waals surface area contributed by atoms with Crippen molar-refractivity contribution in [2.45, 2.75) is 45.1 Å². The smallest absolute Gasteiger partial charge is 0.323 e. The van der Waals surface area contributed by atoms with Gasteiger partial charge in [0.25, 0.3) is 5.91 Å². The summed E-state index contributed by atoms with van der Waals surface area (Å²) in [5, 5.41) is 4.08. The van der Waals surface area contributed by atoms with Crippen molar-refractivity contribution in [3.05, 3.63) is 28.8 Å². The summed E-state index contributed by atoms with van der Waals surface area (Å²) >= 11 is 7.66. The zero-order valence-electron chi connectivity index (χ0n) is 17.1. The van der Waals surface area contributed by atoms with Crippen LogP contribution in [0, 0.1) is 12.8 Å². The number of thioether (sulfide) groups is 1. The van der Waals surface area contributed by atoms with Gasteiger partial charge in [-0.15, -0.1) is 0 Å². The summed E-state index contributed by atoms with van der Waals surface area (Å²) in [6.07, 6.45) is 3.48. The maximum Gasteiger partial charge on any atom is 0.325 e. The fraction of sp³-hybridized carbons (Fsp3) is 0.524. The number of nitrogens with one attached hydrogen (secondary N) is 1. The molecule has 7 nitrogen and oxygen atoms in total. The SMILES string of the molecule is Cc1c(Cl)cccc1N=C1SCCN1C(=O)CN1C(=O)NC2(CCCCC2C)C1=O. The second-order valence-corrected chi connectivity index (χ2v) is 9.58. The van der Waals surface area contributed by atoms with Gasteiger partial charge < -0.3 is 5.32 Å². The van der Waals surface area contributed by atoms with E-state index in [1.165, 1.54) is 11.8 Å². The van der Waals surface area contributed by atoms with Crippen LogP contribution < -0.4 is 5.32 Å². The van der Waals surface area contributed by atoms with Gasteiger partial charge in [-0.1, -0.05) is 49.2 Å². The van der Waals surface area contributed by atoms with Crippen molar-refractivity contribution < 1.29 is 14.4 Å². The van der Waals surface area contributed by atoms with Gasteiger partial charge in [-0.25, -0.2) is 9.79 Å². The minimum Gasteiger partial charge on any atom is -0.323 e. The number of halogens is 1. The molecule has 2 saturated heterocycles. The molecule has 3 fully saturated rings. The number of urea groups is 1. The summed E-state index contributed by atoms with van der Waals surface area (Å²) in [6.45, 7) is 4.10. The number of nitrogens with zero attached hydrogens (tertiary/aromatic N) is 3. The molecular formula is C21H25ClN4O3S. The van der Waals surface area contributed by atoms with Gasteiger partial charge in [-0.2, -0.15) is 0 Å². The van der Waals surface area contributed by atoms with E-state index in [0.29, 0.717) is 34.6 Å². The molecule has 9 heteroatoms. The van der Waals surface area contributed by atoms with Crippen molar-refractivity contribution in [2.24, 2.45) is 10.9 Å². The number of carbonyl (C=O) groups is 3. The Balaban J connectivity index is 1.52. The molecular weight excluding hydrogens is 424 g/mol. The van der Waals surface area contributed by atoms with E-state index in [4.69, 9.17) is 11.6 Å². The van der Waals surface area contributed by atoms with Crippen LogP contribution in [0.3, 0.4) is 0 Å². The Morgan fingerprint density at radius 2 is 2.17 bits per heavy atom. The van der Waals surface area contributed by atoms with Crippen molar-refractivity contribution in [1.29, 1.82) is 0 Å². The van der Waals surface area contributed by atoms with Crippen molar-refractivity contribution in [1.82, 2.24) is 15.1 Å². The molecule has 1 spiro atoms. The molecule has 1 aliphatic carbocycles. The predicted octanol–water partition coefficient (Wildman–Crippen LogP) is 3.71. The van der Waals surface area contributed by atoms with E-state index >= 15 is 0 Å². The number of hydrogen-bond acceptors (Lipinski definition) is 5. The van der Waals surface area contributed by atoms with Crippen LogP contribution in [-0.4, -0.2) is 57.2 Å². The van der Waals surface area contributed by atoms with Crippen LogP contribution in [-0.2, 0) is 9.59 Å². The van der Waals surface area contributed by atoms with Gasteiger partial charge in [-0.05, 0) is 43.4 Å². The first kappa shape index (κ1) is 21.2. The molecule has 0 bridgehead atoms. The first-order valence-electron chi connectivity index (χ1n) is 10.2.